The molecule has 7 nitrogen and oxygen atoms in total. The van der Waals surface area contributed by atoms with Gasteiger partial charge in [0.2, 0.25) is 0 Å². The first-order valence-electron chi connectivity index (χ1n) is 10.7. The van der Waals surface area contributed by atoms with Crippen molar-refractivity contribution in [3.05, 3.63) is 78.5 Å². The molecule has 0 fully saturated rings. The molecule has 0 spiro atoms. The van der Waals surface area contributed by atoms with Gasteiger partial charge in [0.1, 0.15) is 17.3 Å². The molecule has 6 rings (SSSR count). The number of hydrogen-bond donors (Lipinski definition) is 2. The number of para-hydroxylation sites is 1. The van der Waals surface area contributed by atoms with Gasteiger partial charge in [-0.25, -0.2) is 9.37 Å². The lowest BCUT2D eigenvalue weighted by molar-refractivity contribution is 0.413. The van der Waals surface area contributed by atoms with E-state index in [1.807, 2.05) is 43.3 Å². The molecule has 166 valence electrons. The molecule has 0 amide bonds. The molecule has 0 saturated heterocycles. The molecule has 0 atom stereocenters. The van der Waals surface area contributed by atoms with Crippen molar-refractivity contribution in [1.82, 2.24) is 30.1 Å². The number of nitrogens with zero attached hydrogens (tertiary/aromatic N) is 4. The molecule has 0 saturated carbocycles. The molecule has 0 unspecified atom stereocenters. The van der Waals surface area contributed by atoms with Crippen molar-refractivity contribution in [2.75, 3.05) is 7.11 Å². The van der Waals surface area contributed by atoms with Crippen LogP contribution in [0.15, 0.2) is 67.1 Å². The van der Waals surface area contributed by atoms with Crippen molar-refractivity contribution >= 4 is 21.9 Å². The molecule has 34 heavy (non-hydrogen) atoms. The summed E-state index contributed by atoms with van der Waals surface area (Å²) in [7, 11) is 1.60. The van der Waals surface area contributed by atoms with Crippen LogP contribution in [0.1, 0.15) is 5.56 Å². The van der Waals surface area contributed by atoms with E-state index >= 15 is 0 Å². The molecule has 0 aliphatic carbocycles. The molecular weight excluding hydrogens is 431 g/mol. The first-order chi connectivity index (χ1) is 16.6. The van der Waals surface area contributed by atoms with Gasteiger partial charge in [0.25, 0.3) is 0 Å². The van der Waals surface area contributed by atoms with Crippen LogP contribution in [-0.4, -0.2) is 37.2 Å². The second-order valence-corrected chi connectivity index (χ2v) is 8.11. The average Bonchev–Trinajstić information content (AvgIpc) is 3.46. The third-order valence-electron chi connectivity index (χ3n) is 5.78. The van der Waals surface area contributed by atoms with E-state index in [1.54, 1.807) is 25.7 Å². The monoisotopic (exact) mass is 450 g/mol. The highest BCUT2D eigenvalue weighted by Crippen LogP contribution is 2.33. The van der Waals surface area contributed by atoms with Crippen molar-refractivity contribution in [3.8, 4) is 39.7 Å². The number of hydrogen-bond acceptors (Lipinski definition) is 5. The number of aromatic amines is 2. The molecule has 2 aromatic carbocycles. The van der Waals surface area contributed by atoms with Crippen molar-refractivity contribution in [2.24, 2.45) is 0 Å². The van der Waals surface area contributed by atoms with Crippen LogP contribution < -0.4 is 4.74 Å². The van der Waals surface area contributed by atoms with Gasteiger partial charge in [-0.2, -0.15) is 5.10 Å². The van der Waals surface area contributed by atoms with Crippen LogP contribution in [0.25, 0.3) is 55.8 Å². The molecular formula is C26H19FN6O. The zero-order valence-corrected chi connectivity index (χ0v) is 18.4. The number of rotatable bonds is 4. The van der Waals surface area contributed by atoms with Gasteiger partial charge in [0.05, 0.1) is 41.7 Å². The Kier molecular flexibility index (Phi) is 4.58. The summed E-state index contributed by atoms with van der Waals surface area (Å²) in [6.07, 6.45) is 5.13. The molecule has 6 aromatic rings. The lowest BCUT2D eigenvalue weighted by Crippen LogP contribution is -1.89. The molecule has 2 N–H and O–H groups in total. The third kappa shape index (κ3) is 3.36. The van der Waals surface area contributed by atoms with Crippen molar-refractivity contribution in [1.29, 1.82) is 0 Å². The Labute approximate surface area is 193 Å². The largest absolute Gasteiger partial charge is 0.495 e. The Balaban J connectivity index is 1.49. The summed E-state index contributed by atoms with van der Waals surface area (Å²) in [6, 6.07) is 14.7. The van der Waals surface area contributed by atoms with Crippen molar-refractivity contribution < 1.29 is 9.13 Å². The van der Waals surface area contributed by atoms with Gasteiger partial charge in [0, 0.05) is 22.7 Å². The number of H-pyrrole nitrogens is 2. The molecule has 4 heterocycles. The van der Waals surface area contributed by atoms with E-state index in [2.05, 4.69) is 25.1 Å². The summed E-state index contributed by atoms with van der Waals surface area (Å²) in [5, 5.41) is 8.40. The number of aromatic nitrogens is 6. The Hall–Kier alpha value is -4.59. The summed E-state index contributed by atoms with van der Waals surface area (Å²) in [6.45, 7) is 1.88. The number of fused-ring (bicyclic) bond motifs is 2. The first-order valence-corrected chi connectivity index (χ1v) is 10.7. The van der Waals surface area contributed by atoms with Gasteiger partial charge in [-0.15, -0.1) is 0 Å². The zero-order chi connectivity index (χ0) is 23.2. The molecule has 8 heteroatoms. The molecule has 0 aliphatic heterocycles. The van der Waals surface area contributed by atoms with Gasteiger partial charge in [-0.05, 0) is 48.4 Å². The van der Waals surface area contributed by atoms with Crippen LogP contribution in [0.2, 0.25) is 0 Å². The lowest BCUT2D eigenvalue weighted by atomic mass is 10.0. The highest BCUT2D eigenvalue weighted by atomic mass is 19.1. The highest BCUT2D eigenvalue weighted by molar-refractivity contribution is 5.97. The summed E-state index contributed by atoms with van der Waals surface area (Å²) < 4.78 is 19.4. The number of halogens is 1. The van der Waals surface area contributed by atoms with E-state index < -0.39 is 0 Å². The number of methoxy groups -OCH3 is 1. The smallest absolute Gasteiger partial charge is 0.159 e. The summed E-state index contributed by atoms with van der Waals surface area (Å²) in [5.41, 5.74) is 7.13. The van der Waals surface area contributed by atoms with Gasteiger partial charge in [-0.3, -0.25) is 15.1 Å². The minimum Gasteiger partial charge on any atom is -0.495 e. The summed E-state index contributed by atoms with van der Waals surface area (Å²) >= 11 is 0. The minimum atomic E-state index is -0.270. The van der Waals surface area contributed by atoms with E-state index in [1.165, 1.54) is 12.1 Å². The maximum Gasteiger partial charge on any atom is 0.159 e. The van der Waals surface area contributed by atoms with E-state index in [4.69, 9.17) is 9.72 Å². The zero-order valence-electron chi connectivity index (χ0n) is 18.4. The van der Waals surface area contributed by atoms with E-state index in [0.717, 1.165) is 49.9 Å². The van der Waals surface area contributed by atoms with Crippen LogP contribution in [-0.2, 0) is 0 Å². The fourth-order valence-corrected chi connectivity index (χ4v) is 4.19. The fraction of sp³-hybridized carbons (Fsp3) is 0.0769. The first kappa shape index (κ1) is 20.0. The Morgan fingerprint density at radius 2 is 1.85 bits per heavy atom. The maximum atomic E-state index is 14.1. The number of nitrogens with one attached hydrogen (secondary N) is 2. The minimum absolute atomic E-state index is 0.270. The predicted molar refractivity (Wildman–Crippen MR) is 129 cm³/mol. The Morgan fingerprint density at radius 1 is 0.941 bits per heavy atom. The van der Waals surface area contributed by atoms with Crippen LogP contribution in [0.5, 0.6) is 5.75 Å². The van der Waals surface area contributed by atoms with Crippen LogP contribution >= 0.6 is 0 Å². The second-order valence-electron chi connectivity index (χ2n) is 8.11. The maximum absolute atomic E-state index is 14.1. The fourth-order valence-electron chi connectivity index (χ4n) is 4.19. The van der Waals surface area contributed by atoms with Gasteiger partial charge in [0.15, 0.2) is 5.82 Å². The van der Waals surface area contributed by atoms with E-state index in [0.29, 0.717) is 17.3 Å². The molecule has 0 aliphatic rings. The van der Waals surface area contributed by atoms with Crippen LogP contribution in [0.4, 0.5) is 4.39 Å². The van der Waals surface area contributed by atoms with Crippen molar-refractivity contribution in [3.63, 3.8) is 0 Å². The predicted octanol–water partition coefficient (Wildman–Crippen LogP) is 5.69. The van der Waals surface area contributed by atoms with Gasteiger partial charge < -0.3 is 9.72 Å². The normalized spacial score (nSPS) is 11.4. The van der Waals surface area contributed by atoms with Gasteiger partial charge in [-0.1, -0.05) is 18.2 Å². The number of pyridine rings is 2. The van der Waals surface area contributed by atoms with Crippen LogP contribution in [0.3, 0.4) is 0 Å². The molecule has 0 bridgehead atoms. The van der Waals surface area contributed by atoms with E-state index in [-0.39, 0.29) is 5.82 Å². The highest BCUT2D eigenvalue weighted by Gasteiger charge is 2.17. The average molecular weight is 450 g/mol. The SMILES string of the molecule is COc1cncc(-c2cc3c(-c4nc5c(-c6cc(C)cc(F)c6)cccc5[nH]4)n[nH]c3cn2)c1. The third-order valence-corrected chi connectivity index (χ3v) is 5.78. The van der Waals surface area contributed by atoms with Crippen molar-refractivity contribution in [2.45, 2.75) is 6.92 Å². The number of benzene rings is 2. The van der Waals surface area contributed by atoms with E-state index in [9.17, 15) is 4.39 Å². The Bertz CT molecular complexity index is 1670. The number of aryl methyl sites for hydroxylation is 1. The summed E-state index contributed by atoms with van der Waals surface area (Å²) in [4.78, 5) is 17.0. The molecule has 4 aromatic heterocycles. The number of ether oxygens (including phenoxy) is 1. The Morgan fingerprint density at radius 3 is 2.71 bits per heavy atom. The summed E-state index contributed by atoms with van der Waals surface area (Å²) in [5.74, 6) is 1.00. The number of imidazole rings is 1. The topological polar surface area (TPSA) is 92.4 Å². The van der Waals surface area contributed by atoms with Gasteiger partial charge >= 0.3 is 0 Å². The quantitative estimate of drug-likeness (QED) is 0.360. The standard InChI is InChI=1S/C26H19FN6O/c1-14-6-15(8-17(27)7-14)19-4-3-5-21-24(19)31-26(30-21)25-20-10-22(29-13-23(20)32-33-25)16-9-18(34-2)12-28-11-16/h3-13H,1-2H3,(H,30,31)(H,32,33). The molecule has 0 radical (unpaired) electrons. The van der Waals surface area contributed by atoms with Crippen LogP contribution in [0, 0.1) is 12.7 Å². The second kappa shape index (κ2) is 7.77. The lowest BCUT2D eigenvalue weighted by Gasteiger charge is -2.04.